The van der Waals surface area contributed by atoms with Gasteiger partial charge < -0.3 is 16.3 Å². The average molecular weight is 332 g/mol. The number of hydrogen-bond donors (Lipinski definition) is 3. The Morgan fingerprint density at radius 3 is 2.79 bits per heavy atom. The Labute approximate surface area is 121 Å². The summed E-state index contributed by atoms with van der Waals surface area (Å²) < 4.78 is 13.5. The van der Waals surface area contributed by atoms with Crippen LogP contribution in [0, 0.1) is 11.2 Å². The van der Waals surface area contributed by atoms with Crippen LogP contribution < -0.4 is 11.1 Å². The lowest BCUT2D eigenvalue weighted by molar-refractivity contribution is 0.305. The maximum Gasteiger partial charge on any atom is 0.144 e. The van der Waals surface area contributed by atoms with E-state index in [9.17, 15) is 4.39 Å². The first kappa shape index (κ1) is 15.8. The number of nitrogens with two attached hydrogens (primary N) is 1. The first-order valence-electron chi connectivity index (χ1n) is 6.04. The van der Waals surface area contributed by atoms with Gasteiger partial charge in [-0.15, -0.1) is 0 Å². The maximum absolute atomic E-state index is 13.0. The molecule has 0 saturated carbocycles. The fraction of sp³-hybridized carbons (Fsp3) is 0.462. The van der Waals surface area contributed by atoms with Crippen LogP contribution in [0.1, 0.15) is 26.7 Å². The molecule has 1 rings (SSSR count). The van der Waals surface area contributed by atoms with Crippen LogP contribution in [0.15, 0.2) is 27.8 Å². The van der Waals surface area contributed by atoms with E-state index in [1.165, 1.54) is 6.07 Å². The molecular weight excluding hydrogens is 313 g/mol. The monoisotopic (exact) mass is 331 g/mol. The number of nitrogens with one attached hydrogen (secondary N) is 1. The Morgan fingerprint density at radius 2 is 2.21 bits per heavy atom. The van der Waals surface area contributed by atoms with Gasteiger partial charge in [0.15, 0.2) is 0 Å². The summed E-state index contributed by atoms with van der Waals surface area (Å²) in [6.45, 7) is 4.59. The highest BCUT2D eigenvalue weighted by molar-refractivity contribution is 9.10. The summed E-state index contributed by atoms with van der Waals surface area (Å²) in [6.07, 6.45) is 1.65. The van der Waals surface area contributed by atoms with Crippen molar-refractivity contribution in [1.29, 1.82) is 0 Å². The van der Waals surface area contributed by atoms with Gasteiger partial charge in [0.1, 0.15) is 11.7 Å². The van der Waals surface area contributed by atoms with Crippen LogP contribution in [-0.2, 0) is 0 Å². The maximum atomic E-state index is 13.0. The van der Waals surface area contributed by atoms with E-state index in [-0.39, 0.29) is 17.1 Å². The van der Waals surface area contributed by atoms with Crippen molar-refractivity contribution in [2.45, 2.75) is 26.7 Å². The molecule has 4 N–H and O–H groups in total. The molecule has 19 heavy (non-hydrogen) atoms. The molecule has 0 spiro atoms. The number of anilines is 1. The molecule has 0 amide bonds. The zero-order valence-corrected chi connectivity index (χ0v) is 12.7. The Balaban J connectivity index is 2.41. The van der Waals surface area contributed by atoms with Crippen LogP contribution in [0.5, 0.6) is 0 Å². The summed E-state index contributed by atoms with van der Waals surface area (Å²) >= 11 is 3.14. The highest BCUT2D eigenvalue weighted by Gasteiger charge is 2.22. The Bertz CT molecular complexity index is 463. The van der Waals surface area contributed by atoms with Gasteiger partial charge in [0.05, 0.1) is 4.47 Å². The molecule has 0 aliphatic carbocycles. The summed E-state index contributed by atoms with van der Waals surface area (Å²) in [4.78, 5) is 0. The molecule has 0 bridgehead atoms. The van der Waals surface area contributed by atoms with E-state index in [2.05, 4.69) is 26.4 Å². The lowest BCUT2D eigenvalue weighted by Gasteiger charge is -2.22. The second-order valence-corrected chi connectivity index (χ2v) is 5.88. The topological polar surface area (TPSA) is 70.6 Å². The van der Waals surface area contributed by atoms with E-state index in [4.69, 9.17) is 10.9 Å². The van der Waals surface area contributed by atoms with Crippen LogP contribution in [0.4, 0.5) is 10.1 Å². The lowest BCUT2D eigenvalue weighted by Crippen LogP contribution is -2.32. The van der Waals surface area contributed by atoms with E-state index in [1.54, 1.807) is 12.1 Å². The molecular formula is C13H19BrFN3O. The van der Waals surface area contributed by atoms with Gasteiger partial charge in [0.2, 0.25) is 0 Å². The number of halogens is 2. The fourth-order valence-electron chi connectivity index (χ4n) is 1.63. The Morgan fingerprint density at radius 1 is 1.53 bits per heavy atom. The number of benzene rings is 1. The number of amidine groups is 1. The Kier molecular flexibility index (Phi) is 5.60. The van der Waals surface area contributed by atoms with Crippen LogP contribution in [-0.4, -0.2) is 17.6 Å². The molecule has 0 heterocycles. The number of oxime groups is 1. The molecule has 6 heteroatoms. The summed E-state index contributed by atoms with van der Waals surface area (Å²) in [7, 11) is 0. The van der Waals surface area contributed by atoms with Crippen molar-refractivity contribution in [3.05, 3.63) is 28.5 Å². The largest absolute Gasteiger partial charge is 0.409 e. The van der Waals surface area contributed by atoms with Crippen LogP contribution in [0.25, 0.3) is 0 Å². The third-order valence-electron chi connectivity index (χ3n) is 3.03. The molecule has 0 radical (unpaired) electrons. The van der Waals surface area contributed by atoms with Gasteiger partial charge >= 0.3 is 0 Å². The lowest BCUT2D eigenvalue weighted by atomic mass is 9.86. The van der Waals surface area contributed by atoms with Crippen molar-refractivity contribution < 1.29 is 9.60 Å². The van der Waals surface area contributed by atoms with Crippen LogP contribution in [0.3, 0.4) is 0 Å². The summed E-state index contributed by atoms with van der Waals surface area (Å²) in [5.41, 5.74) is 6.14. The summed E-state index contributed by atoms with van der Waals surface area (Å²) in [5.74, 6) is -0.0457. The zero-order valence-electron chi connectivity index (χ0n) is 11.1. The fourth-order valence-corrected chi connectivity index (χ4v) is 2.01. The van der Waals surface area contributed by atoms with Crippen molar-refractivity contribution in [1.82, 2.24) is 0 Å². The van der Waals surface area contributed by atoms with E-state index in [0.29, 0.717) is 4.47 Å². The van der Waals surface area contributed by atoms with Gasteiger partial charge in [0.25, 0.3) is 0 Å². The van der Waals surface area contributed by atoms with Gasteiger partial charge in [0, 0.05) is 17.6 Å². The minimum Gasteiger partial charge on any atom is -0.409 e. The summed E-state index contributed by atoms with van der Waals surface area (Å²) in [5, 5.41) is 14.9. The molecule has 0 fully saturated rings. The quantitative estimate of drug-likeness (QED) is 0.245. The first-order valence-corrected chi connectivity index (χ1v) is 6.83. The van der Waals surface area contributed by atoms with Gasteiger partial charge in [-0.05, 0) is 47.0 Å². The van der Waals surface area contributed by atoms with Gasteiger partial charge in [-0.1, -0.05) is 19.0 Å². The number of hydrogen-bond acceptors (Lipinski definition) is 3. The second kappa shape index (κ2) is 6.75. The zero-order chi connectivity index (χ0) is 14.5. The van der Waals surface area contributed by atoms with Gasteiger partial charge in [-0.3, -0.25) is 0 Å². The molecule has 4 nitrogen and oxygen atoms in total. The van der Waals surface area contributed by atoms with Crippen molar-refractivity contribution in [2.24, 2.45) is 16.3 Å². The number of rotatable bonds is 6. The minimum atomic E-state index is -0.334. The van der Waals surface area contributed by atoms with Gasteiger partial charge in [-0.25, -0.2) is 4.39 Å². The molecule has 0 aromatic heterocycles. The predicted molar refractivity (Wildman–Crippen MR) is 79.0 cm³/mol. The highest BCUT2D eigenvalue weighted by atomic mass is 79.9. The third kappa shape index (κ3) is 4.70. The highest BCUT2D eigenvalue weighted by Crippen LogP contribution is 2.23. The van der Waals surface area contributed by atoms with Crippen LogP contribution in [0.2, 0.25) is 0 Å². The third-order valence-corrected chi connectivity index (χ3v) is 3.64. The van der Waals surface area contributed by atoms with E-state index in [0.717, 1.165) is 25.1 Å². The Hall–Kier alpha value is -1.30. The molecule has 0 unspecified atom stereocenters. The summed E-state index contributed by atoms with van der Waals surface area (Å²) in [6, 6.07) is 4.80. The van der Waals surface area contributed by atoms with Crippen molar-refractivity contribution in [3.63, 3.8) is 0 Å². The van der Waals surface area contributed by atoms with E-state index >= 15 is 0 Å². The molecule has 1 aromatic rings. The first-order chi connectivity index (χ1) is 8.86. The molecule has 0 aliphatic rings. The second-order valence-electron chi connectivity index (χ2n) is 5.03. The van der Waals surface area contributed by atoms with Crippen LogP contribution >= 0.6 is 15.9 Å². The van der Waals surface area contributed by atoms with E-state index < -0.39 is 0 Å². The SMILES string of the molecule is CC(C)(CCCNc1ccc(F)c(Br)c1)/C(N)=N/O. The normalized spacial score (nSPS) is 12.5. The van der Waals surface area contributed by atoms with Gasteiger partial charge in [-0.2, -0.15) is 0 Å². The van der Waals surface area contributed by atoms with Crippen molar-refractivity contribution in [3.8, 4) is 0 Å². The number of nitrogens with zero attached hydrogens (tertiary/aromatic N) is 1. The molecule has 0 atom stereocenters. The molecule has 0 saturated heterocycles. The molecule has 106 valence electrons. The predicted octanol–water partition coefficient (Wildman–Crippen LogP) is 3.55. The van der Waals surface area contributed by atoms with Crippen molar-refractivity contribution in [2.75, 3.05) is 11.9 Å². The van der Waals surface area contributed by atoms with E-state index in [1.807, 2.05) is 13.8 Å². The molecule has 0 aliphatic heterocycles. The van der Waals surface area contributed by atoms with Crippen molar-refractivity contribution >= 4 is 27.5 Å². The minimum absolute atomic E-state index is 0.233. The average Bonchev–Trinajstić information content (AvgIpc) is 2.37. The standard InChI is InChI=1S/C13H19BrFN3O/c1-13(2,12(16)18-19)6-3-7-17-9-4-5-11(15)10(14)8-9/h4-5,8,17,19H,3,6-7H2,1-2H3,(H2,16,18). The smallest absolute Gasteiger partial charge is 0.144 e. The molecule has 1 aromatic carbocycles.